The number of nitrogens with zero attached hydrogens (tertiary/aromatic N) is 2. The second kappa shape index (κ2) is 6.31. The Morgan fingerprint density at radius 3 is 3.13 bits per heavy atom. The molecule has 0 spiro atoms. The molecule has 5 heteroatoms. The van der Waals surface area contributed by atoms with E-state index in [-0.39, 0.29) is 6.10 Å². The third-order valence-electron chi connectivity index (χ3n) is 1.95. The van der Waals surface area contributed by atoms with Gasteiger partial charge in [0.25, 0.3) is 0 Å². The predicted molar refractivity (Wildman–Crippen MR) is 56.4 cm³/mol. The summed E-state index contributed by atoms with van der Waals surface area (Å²) in [6.45, 7) is 6.86. The molecular formula is C10H17N3O2. The average Bonchev–Trinajstić information content (AvgIpc) is 2.66. The molecule has 0 aliphatic rings. The molecule has 0 fully saturated rings. The molecule has 1 rings (SSSR count). The van der Waals surface area contributed by atoms with Crippen LogP contribution in [-0.2, 0) is 17.7 Å². The van der Waals surface area contributed by atoms with Crippen LogP contribution in [-0.4, -0.2) is 29.9 Å². The molecular weight excluding hydrogens is 194 g/mol. The number of nitrogens with one attached hydrogen (secondary N) is 1. The van der Waals surface area contributed by atoms with Gasteiger partial charge in [-0.25, -0.2) is 0 Å². The van der Waals surface area contributed by atoms with E-state index in [0.29, 0.717) is 24.7 Å². The van der Waals surface area contributed by atoms with Crippen LogP contribution < -0.4 is 5.32 Å². The summed E-state index contributed by atoms with van der Waals surface area (Å²) in [5.41, 5.74) is 0. The second-order valence-corrected chi connectivity index (χ2v) is 3.27. The molecule has 5 nitrogen and oxygen atoms in total. The molecule has 0 bridgehead atoms. The Balaban J connectivity index is 2.38. The normalized spacial score (nSPS) is 12.7. The highest BCUT2D eigenvalue weighted by atomic mass is 16.5. The first kappa shape index (κ1) is 11.9. The Morgan fingerprint density at radius 2 is 2.47 bits per heavy atom. The topological polar surface area (TPSA) is 60.2 Å². The highest BCUT2D eigenvalue weighted by Gasteiger charge is 2.09. The van der Waals surface area contributed by atoms with Crippen molar-refractivity contribution in [2.75, 3.05) is 13.7 Å². The van der Waals surface area contributed by atoms with Crippen molar-refractivity contribution in [2.45, 2.75) is 26.0 Å². The van der Waals surface area contributed by atoms with Crippen molar-refractivity contribution < 1.29 is 9.26 Å². The molecule has 0 radical (unpaired) electrons. The standard InChI is InChI=1S/C10H17N3O2/c1-4-5-11-7-10-12-9(13-15-10)6-8(2)14-3/h4,8,11H,1,5-7H2,2-3H3. The lowest BCUT2D eigenvalue weighted by molar-refractivity contribution is 0.116. The zero-order chi connectivity index (χ0) is 11.1. The Morgan fingerprint density at radius 1 is 1.67 bits per heavy atom. The molecule has 84 valence electrons. The van der Waals surface area contributed by atoms with E-state index in [0.717, 1.165) is 6.54 Å². The summed E-state index contributed by atoms with van der Waals surface area (Å²) in [5, 5.41) is 6.94. The van der Waals surface area contributed by atoms with E-state index in [1.807, 2.05) is 6.92 Å². The number of hydrogen-bond acceptors (Lipinski definition) is 5. The number of ether oxygens (including phenoxy) is 1. The fourth-order valence-electron chi connectivity index (χ4n) is 1.07. The van der Waals surface area contributed by atoms with Crippen LogP contribution in [0.1, 0.15) is 18.6 Å². The summed E-state index contributed by atoms with van der Waals surface area (Å²) in [5.74, 6) is 1.27. The van der Waals surface area contributed by atoms with Gasteiger partial charge < -0.3 is 14.6 Å². The minimum absolute atomic E-state index is 0.108. The first-order valence-electron chi connectivity index (χ1n) is 4.92. The lowest BCUT2D eigenvalue weighted by Gasteiger charge is -2.03. The van der Waals surface area contributed by atoms with Gasteiger partial charge in [0.05, 0.1) is 12.6 Å². The van der Waals surface area contributed by atoms with Crippen LogP contribution in [0.15, 0.2) is 17.2 Å². The molecule has 1 aromatic rings. The Hall–Kier alpha value is -1.20. The van der Waals surface area contributed by atoms with Gasteiger partial charge in [0.1, 0.15) is 0 Å². The summed E-state index contributed by atoms with van der Waals surface area (Å²) in [4.78, 5) is 4.22. The van der Waals surface area contributed by atoms with Gasteiger partial charge in [-0.3, -0.25) is 0 Å². The van der Waals surface area contributed by atoms with Gasteiger partial charge in [-0.2, -0.15) is 4.98 Å². The molecule has 1 unspecified atom stereocenters. The summed E-state index contributed by atoms with van der Waals surface area (Å²) in [6.07, 6.45) is 2.56. The van der Waals surface area contributed by atoms with Crippen LogP contribution >= 0.6 is 0 Å². The van der Waals surface area contributed by atoms with Crippen LogP contribution in [0.4, 0.5) is 0 Å². The lowest BCUT2D eigenvalue weighted by Crippen LogP contribution is -2.13. The molecule has 0 aliphatic heterocycles. The Kier molecular flexibility index (Phi) is 5.00. The maximum absolute atomic E-state index is 5.11. The van der Waals surface area contributed by atoms with E-state index >= 15 is 0 Å². The molecule has 15 heavy (non-hydrogen) atoms. The Labute approximate surface area is 89.5 Å². The Bertz CT molecular complexity index is 299. The van der Waals surface area contributed by atoms with Crippen LogP contribution in [0.3, 0.4) is 0 Å². The van der Waals surface area contributed by atoms with Gasteiger partial charge in [-0.05, 0) is 6.92 Å². The van der Waals surface area contributed by atoms with E-state index in [1.54, 1.807) is 13.2 Å². The SMILES string of the molecule is C=CCNCc1nc(CC(C)OC)no1. The zero-order valence-electron chi connectivity index (χ0n) is 9.19. The van der Waals surface area contributed by atoms with Gasteiger partial charge in [-0.15, -0.1) is 6.58 Å². The summed E-state index contributed by atoms with van der Waals surface area (Å²) >= 11 is 0. The maximum Gasteiger partial charge on any atom is 0.240 e. The van der Waals surface area contributed by atoms with E-state index in [4.69, 9.17) is 9.26 Å². The first-order valence-corrected chi connectivity index (χ1v) is 4.92. The molecule has 1 heterocycles. The minimum atomic E-state index is 0.108. The fraction of sp³-hybridized carbons (Fsp3) is 0.600. The lowest BCUT2D eigenvalue weighted by atomic mass is 10.3. The molecule has 0 aliphatic carbocycles. The molecule has 1 aromatic heterocycles. The van der Waals surface area contributed by atoms with Crippen LogP contribution in [0.2, 0.25) is 0 Å². The van der Waals surface area contributed by atoms with E-state index in [9.17, 15) is 0 Å². The quantitative estimate of drug-likeness (QED) is 0.537. The van der Waals surface area contributed by atoms with E-state index < -0.39 is 0 Å². The summed E-state index contributed by atoms with van der Waals surface area (Å²) < 4.78 is 10.2. The van der Waals surface area contributed by atoms with Crippen LogP contribution in [0.25, 0.3) is 0 Å². The molecule has 0 aromatic carbocycles. The molecule has 0 saturated carbocycles. The van der Waals surface area contributed by atoms with Gasteiger partial charge >= 0.3 is 0 Å². The fourth-order valence-corrected chi connectivity index (χ4v) is 1.07. The molecule has 1 atom stereocenters. The van der Waals surface area contributed by atoms with Crippen molar-refractivity contribution in [1.82, 2.24) is 15.5 Å². The summed E-state index contributed by atoms with van der Waals surface area (Å²) in [7, 11) is 1.66. The van der Waals surface area contributed by atoms with Crippen molar-refractivity contribution >= 4 is 0 Å². The predicted octanol–water partition coefficient (Wildman–Crippen LogP) is 0.923. The average molecular weight is 211 g/mol. The van der Waals surface area contributed by atoms with Crippen molar-refractivity contribution in [3.63, 3.8) is 0 Å². The number of rotatable bonds is 7. The van der Waals surface area contributed by atoms with Gasteiger partial charge in [-0.1, -0.05) is 11.2 Å². The molecule has 1 N–H and O–H groups in total. The van der Waals surface area contributed by atoms with Crippen LogP contribution in [0, 0.1) is 0 Å². The molecule has 0 saturated heterocycles. The monoisotopic (exact) mass is 211 g/mol. The first-order chi connectivity index (χ1) is 7.26. The largest absolute Gasteiger partial charge is 0.381 e. The smallest absolute Gasteiger partial charge is 0.240 e. The number of aromatic nitrogens is 2. The van der Waals surface area contributed by atoms with Crippen molar-refractivity contribution in [3.8, 4) is 0 Å². The third kappa shape index (κ3) is 4.22. The van der Waals surface area contributed by atoms with E-state index in [1.165, 1.54) is 0 Å². The van der Waals surface area contributed by atoms with Gasteiger partial charge in [0.2, 0.25) is 5.89 Å². The van der Waals surface area contributed by atoms with Crippen molar-refractivity contribution in [3.05, 3.63) is 24.4 Å². The van der Waals surface area contributed by atoms with Gasteiger partial charge in [0, 0.05) is 20.1 Å². The summed E-state index contributed by atoms with van der Waals surface area (Å²) in [6, 6.07) is 0. The van der Waals surface area contributed by atoms with Crippen molar-refractivity contribution in [2.24, 2.45) is 0 Å². The second-order valence-electron chi connectivity index (χ2n) is 3.27. The zero-order valence-corrected chi connectivity index (χ0v) is 9.19. The van der Waals surface area contributed by atoms with E-state index in [2.05, 4.69) is 22.0 Å². The minimum Gasteiger partial charge on any atom is -0.381 e. The third-order valence-corrected chi connectivity index (χ3v) is 1.95. The number of hydrogen-bond donors (Lipinski definition) is 1. The van der Waals surface area contributed by atoms with Gasteiger partial charge in [0.15, 0.2) is 5.82 Å². The van der Waals surface area contributed by atoms with Crippen molar-refractivity contribution in [1.29, 1.82) is 0 Å². The highest BCUT2D eigenvalue weighted by molar-refractivity contribution is 4.88. The molecule has 0 amide bonds. The number of methoxy groups -OCH3 is 1. The van der Waals surface area contributed by atoms with Crippen LogP contribution in [0.5, 0.6) is 0 Å². The maximum atomic E-state index is 5.11. The highest BCUT2D eigenvalue weighted by Crippen LogP contribution is 2.02.